The van der Waals surface area contributed by atoms with Crippen LogP contribution in [0.3, 0.4) is 0 Å². The highest BCUT2D eigenvalue weighted by molar-refractivity contribution is 7.91. The van der Waals surface area contributed by atoms with Crippen molar-refractivity contribution in [2.45, 2.75) is 31.9 Å². The highest BCUT2D eigenvalue weighted by atomic mass is 32.2. The molecule has 16 heavy (non-hydrogen) atoms. The van der Waals surface area contributed by atoms with E-state index in [1.807, 2.05) is 6.92 Å². The van der Waals surface area contributed by atoms with Gasteiger partial charge in [0.2, 0.25) is 0 Å². The van der Waals surface area contributed by atoms with Crippen molar-refractivity contribution in [3.05, 3.63) is 0 Å². The molecule has 0 spiro atoms. The molecular weight excluding hydrogens is 230 g/mol. The van der Waals surface area contributed by atoms with E-state index in [-0.39, 0.29) is 17.5 Å². The Hall–Kier alpha value is -0.170. The molecule has 0 saturated carbocycles. The van der Waals surface area contributed by atoms with Gasteiger partial charge >= 0.3 is 0 Å². The summed E-state index contributed by atoms with van der Waals surface area (Å²) >= 11 is 0. The van der Waals surface area contributed by atoms with E-state index >= 15 is 0 Å². The molecule has 1 aliphatic heterocycles. The molecule has 0 aliphatic carbocycles. The van der Waals surface area contributed by atoms with Crippen molar-refractivity contribution in [3.63, 3.8) is 0 Å². The molecular formula is C10H21NO4S. The molecule has 1 fully saturated rings. The smallest absolute Gasteiger partial charge is 0.150 e. The van der Waals surface area contributed by atoms with Gasteiger partial charge in [-0.25, -0.2) is 8.42 Å². The Labute approximate surface area is 97.1 Å². The first-order valence-electron chi connectivity index (χ1n) is 5.73. The lowest BCUT2D eigenvalue weighted by Crippen LogP contribution is -2.42. The van der Waals surface area contributed by atoms with Crippen LogP contribution in [0.4, 0.5) is 0 Å². The van der Waals surface area contributed by atoms with Crippen LogP contribution in [0, 0.1) is 0 Å². The minimum absolute atomic E-state index is 0.208. The topological polar surface area (TPSA) is 75.6 Å². The molecule has 0 bridgehead atoms. The number of hydrogen-bond acceptors (Lipinski definition) is 5. The number of rotatable bonds is 6. The maximum absolute atomic E-state index is 11.2. The third-order valence-corrected chi connectivity index (χ3v) is 4.43. The number of hydrogen-bond donors (Lipinski definition) is 2. The van der Waals surface area contributed by atoms with E-state index < -0.39 is 15.9 Å². The number of sulfone groups is 1. The maximum Gasteiger partial charge on any atom is 0.150 e. The Balaban J connectivity index is 2.15. The summed E-state index contributed by atoms with van der Waals surface area (Å²) in [6.07, 6.45) is 0.770. The third-order valence-electron chi connectivity index (χ3n) is 2.71. The standard InChI is InChI=1S/C10H21NO4S/c1-2-15-8-10(12)7-11-9-3-5-16(13,14)6-4-9/h9-12H,2-8H2,1H3. The van der Waals surface area contributed by atoms with Crippen molar-refractivity contribution >= 4 is 9.84 Å². The van der Waals surface area contributed by atoms with Crippen LogP contribution in [0.25, 0.3) is 0 Å². The molecule has 5 nitrogen and oxygen atoms in total. The molecule has 96 valence electrons. The van der Waals surface area contributed by atoms with Gasteiger partial charge in [-0.1, -0.05) is 0 Å². The van der Waals surface area contributed by atoms with Gasteiger partial charge in [-0.15, -0.1) is 0 Å². The quantitative estimate of drug-likeness (QED) is 0.669. The molecule has 6 heteroatoms. The Kier molecular flexibility index (Phi) is 5.68. The molecule has 0 amide bonds. The molecule has 1 atom stereocenters. The summed E-state index contributed by atoms with van der Waals surface area (Å²) in [5, 5.41) is 12.7. The Bertz CT molecular complexity index is 277. The summed E-state index contributed by atoms with van der Waals surface area (Å²) in [6.45, 7) is 3.27. The van der Waals surface area contributed by atoms with Gasteiger partial charge in [-0.3, -0.25) is 0 Å². The Morgan fingerprint density at radius 1 is 1.44 bits per heavy atom. The van der Waals surface area contributed by atoms with E-state index in [1.165, 1.54) is 0 Å². The zero-order chi connectivity index (χ0) is 12.0. The van der Waals surface area contributed by atoms with E-state index in [0.717, 1.165) is 0 Å². The van der Waals surface area contributed by atoms with Crippen LogP contribution in [0.15, 0.2) is 0 Å². The zero-order valence-electron chi connectivity index (χ0n) is 9.68. The molecule has 0 aromatic carbocycles. The van der Waals surface area contributed by atoms with Gasteiger partial charge in [0.1, 0.15) is 9.84 Å². The van der Waals surface area contributed by atoms with Gasteiger partial charge in [0, 0.05) is 19.2 Å². The monoisotopic (exact) mass is 251 g/mol. The van der Waals surface area contributed by atoms with Gasteiger partial charge in [0.25, 0.3) is 0 Å². The fourth-order valence-electron chi connectivity index (χ4n) is 1.71. The summed E-state index contributed by atoms with van der Waals surface area (Å²) < 4.78 is 27.4. The van der Waals surface area contributed by atoms with Crippen LogP contribution in [0.5, 0.6) is 0 Å². The molecule has 0 radical (unpaired) electrons. The van der Waals surface area contributed by atoms with Gasteiger partial charge < -0.3 is 15.2 Å². The molecule has 1 unspecified atom stereocenters. The molecule has 1 aliphatic rings. The van der Waals surface area contributed by atoms with Crippen molar-refractivity contribution in [1.82, 2.24) is 5.32 Å². The Morgan fingerprint density at radius 3 is 2.62 bits per heavy atom. The van der Waals surface area contributed by atoms with Gasteiger partial charge in [-0.05, 0) is 19.8 Å². The fourth-order valence-corrected chi connectivity index (χ4v) is 3.20. The predicted octanol–water partition coefficient (Wildman–Crippen LogP) is -0.449. The predicted molar refractivity (Wildman–Crippen MR) is 62.2 cm³/mol. The van der Waals surface area contributed by atoms with Crippen molar-refractivity contribution in [1.29, 1.82) is 0 Å². The van der Waals surface area contributed by atoms with Crippen LogP contribution in [-0.4, -0.2) is 56.9 Å². The molecule has 2 N–H and O–H groups in total. The summed E-state index contributed by atoms with van der Waals surface area (Å²) in [5.74, 6) is 0.512. The SMILES string of the molecule is CCOCC(O)CNC1CCS(=O)(=O)CC1. The summed E-state index contributed by atoms with van der Waals surface area (Å²) in [7, 11) is -2.80. The van der Waals surface area contributed by atoms with Crippen LogP contribution in [0.1, 0.15) is 19.8 Å². The molecule has 1 saturated heterocycles. The normalized spacial score (nSPS) is 23.1. The van der Waals surface area contributed by atoms with Gasteiger partial charge in [0.15, 0.2) is 0 Å². The van der Waals surface area contributed by atoms with E-state index in [9.17, 15) is 13.5 Å². The van der Waals surface area contributed by atoms with E-state index in [1.54, 1.807) is 0 Å². The van der Waals surface area contributed by atoms with Crippen LogP contribution >= 0.6 is 0 Å². The van der Waals surface area contributed by atoms with Crippen LogP contribution in [0.2, 0.25) is 0 Å². The average molecular weight is 251 g/mol. The molecule has 0 aromatic heterocycles. The Morgan fingerprint density at radius 2 is 2.06 bits per heavy atom. The van der Waals surface area contributed by atoms with E-state index in [4.69, 9.17) is 4.74 Å². The highest BCUT2D eigenvalue weighted by Crippen LogP contribution is 2.11. The first kappa shape index (κ1) is 13.9. The third kappa shape index (κ3) is 5.25. The lowest BCUT2D eigenvalue weighted by molar-refractivity contribution is 0.0412. The number of ether oxygens (including phenoxy) is 1. The summed E-state index contributed by atoms with van der Waals surface area (Å²) in [4.78, 5) is 0. The van der Waals surface area contributed by atoms with Crippen LogP contribution in [-0.2, 0) is 14.6 Å². The minimum Gasteiger partial charge on any atom is -0.389 e. The van der Waals surface area contributed by atoms with Crippen molar-refractivity contribution in [2.75, 3.05) is 31.3 Å². The van der Waals surface area contributed by atoms with Crippen molar-refractivity contribution in [2.24, 2.45) is 0 Å². The first-order chi connectivity index (χ1) is 7.53. The lowest BCUT2D eigenvalue weighted by atomic mass is 10.1. The van der Waals surface area contributed by atoms with E-state index in [2.05, 4.69) is 5.32 Å². The van der Waals surface area contributed by atoms with E-state index in [0.29, 0.717) is 32.6 Å². The average Bonchev–Trinajstić information content (AvgIpc) is 2.25. The fraction of sp³-hybridized carbons (Fsp3) is 1.00. The van der Waals surface area contributed by atoms with Gasteiger partial charge in [-0.2, -0.15) is 0 Å². The van der Waals surface area contributed by atoms with Crippen molar-refractivity contribution < 1.29 is 18.3 Å². The number of nitrogens with one attached hydrogen (secondary N) is 1. The number of aliphatic hydroxyl groups excluding tert-OH is 1. The number of aliphatic hydroxyl groups is 1. The summed E-state index contributed by atoms with van der Waals surface area (Å²) in [5.41, 5.74) is 0. The largest absolute Gasteiger partial charge is 0.389 e. The van der Waals surface area contributed by atoms with Crippen LogP contribution < -0.4 is 5.32 Å². The zero-order valence-corrected chi connectivity index (χ0v) is 10.5. The van der Waals surface area contributed by atoms with Crippen molar-refractivity contribution in [3.8, 4) is 0 Å². The summed E-state index contributed by atoms with van der Waals surface area (Å²) in [6, 6.07) is 0.208. The second-order valence-corrected chi connectivity index (χ2v) is 6.45. The highest BCUT2D eigenvalue weighted by Gasteiger charge is 2.23. The molecule has 0 aromatic rings. The molecule has 1 heterocycles. The first-order valence-corrected chi connectivity index (χ1v) is 7.55. The second kappa shape index (κ2) is 6.54. The molecule has 1 rings (SSSR count). The lowest BCUT2D eigenvalue weighted by Gasteiger charge is -2.24. The minimum atomic E-state index is -2.80. The maximum atomic E-state index is 11.2. The van der Waals surface area contributed by atoms with Gasteiger partial charge in [0.05, 0.1) is 24.2 Å². The second-order valence-electron chi connectivity index (χ2n) is 4.15.